The fourth-order valence-corrected chi connectivity index (χ4v) is 2.77. The lowest BCUT2D eigenvalue weighted by molar-refractivity contribution is -0.0678. The van der Waals surface area contributed by atoms with Crippen molar-refractivity contribution in [3.63, 3.8) is 0 Å². The minimum absolute atomic E-state index is 0.206. The molecule has 3 N–H and O–H groups in total. The van der Waals surface area contributed by atoms with Crippen LogP contribution in [0.25, 0.3) is 11.2 Å². The molecule has 132 valence electrons. The summed E-state index contributed by atoms with van der Waals surface area (Å²) in [6.07, 6.45) is -0.214. The van der Waals surface area contributed by atoms with Crippen LogP contribution in [0.1, 0.15) is 6.23 Å². The summed E-state index contributed by atoms with van der Waals surface area (Å²) in [4.78, 5) is 8.45. The number of aromatic nitrogens is 4. The third-order valence-electron chi connectivity index (χ3n) is 4.06. The Balaban J connectivity index is 1.90. The summed E-state index contributed by atoms with van der Waals surface area (Å²) in [6, 6.07) is 0. The van der Waals surface area contributed by atoms with Gasteiger partial charge in [-0.15, -0.1) is 0 Å². The number of aliphatic hydroxyl groups excluding tert-OH is 2. The predicted molar refractivity (Wildman–Crippen MR) is 81.0 cm³/mol. The summed E-state index contributed by atoms with van der Waals surface area (Å²) in [5.74, 6) is 0. The van der Waals surface area contributed by atoms with Crippen molar-refractivity contribution >= 4 is 11.2 Å². The standard InChI is InChI=1S/C14H21N5O5/c1-18-6-17-13-9(12(18)15)16-7-19(13)14-10(21)11(8(5-20)24-14)23-4-3-22-2/h6-8,10-11,14-15,20-21H,3-5H2,1-2H3/t8-,10?,11+,14-/m1/s1. The van der Waals surface area contributed by atoms with E-state index in [9.17, 15) is 10.2 Å². The Labute approximate surface area is 137 Å². The number of hydrogen-bond donors (Lipinski definition) is 3. The van der Waals surface area contributed by atoms with Crippen LogP contribution in [0.3, 0.4) is 0 Å². The molecule has 3 heterocycles. The maximum Gasteiger partial charge on any atom is 0.167 e. The van der Waals surface area contributed by atoms with E-state index in [4.69, 9.17) is 19.6 Å². The molecule has 1 aliphatic rings. The smallest absolute Gasteiger partial charge is 0.167 e. The molecule has 0 aliphatic carbocycles. The zero-order valence-corrected chi connectivity index (χ0v) is 13.5. The first kappa shape index (κ1) is 17.0. The van der Waals surface area contributed by atoms with Crippen LogP contribution in [-0.4, -0.2) is 74.6 Å². The van der Waals surface area contributed by atoms with Gasteiger partial charge in [-0.1, -0.05) is 0 Å². The normalized spacial score (nSPS) is 27.2. The summed E-state index contributed by atoms with van der Waals surface area (Å²) in [6.45, 7) is 0.366. The molecule has 1 saturated heterocycles. The van der Waals surface area contributed by atoms with Gasteiger partial charge in [-0.25, -0.2) is 9.97 Å². The SMILES string of the molecule is COCCO[C@@H]1C(O)[C@H](n2cnc3c(=N)n(C)cnc32)O[C@@H]1CO. The predicted octanol–water partition coefficient (Wildman–Crippen LogP) is -1.47. The summed E-state index contributed by atoms with van der Waals surface area (Å²) in [5.41, 5.74) is 1.04. The molecule has 0 spiro atoms. The molecule has 0 aromatic carbocycles. The number of nitrogens with one attached hydrogen (secondary N) is 1. The van der Waals surface area contributed by atoms with Gasteiger partial charge in [0.05, 0.1) is 32.5 Å². The van der Waals surface area contributed by atoms with Gasteiger partial charge in [-0.2, -0.15) is 0 Å². The third-order valence-corrected chi connectivity index (χ3v) is 4.06. The molecule has 1 unspecified atom stereocenters. The molecule has 4 atom stereocenters. The van der Waals surface area contributed by atoms with Gasteiger partial charge in [0.1, 0.15) is 23.8 Å². The van der Waals surface area contributed by atoms with Crippen LogP contribution in [0.2, 0.25) is 0 Å². The summed E-state index contributed by atoms with van der Waals surface area (Å²) < 4.78 is 19.3. The van der Waals surface area contributed by atoms with Gasteiger partial charge in [-0.3, -0.25) is 9.98 Å². The van der Waals surface area contributed by atoms with Gasteiger partial charge in [0.25, 0.3) is 0 Å². The Morgan fingerprint density at radius 1 is 1.33 bits per heavy atom. The van der Waals surface area contributed by atoms with Crippen molar-refractivity contribution < 1.29 is 24.4 Å². The monoisotopic (exact) mass is 339 g/mol. The van der Waals surface area contributed by atoms with Crippen molar-refractivity contribution in [2.24, 2.45) is 7.05 Å². The van der Waals surface area contributed by atoms with E-state index in [0.29, 0.717) is 17.8 Å². The van der Waals surface area contributed by atoms with Crippen LogP contribution < -0.4 is 5.49 Å². The van der Waals surface area contributed by atoms with Gasteiger partial charge in [0, 0.05) is 14.2 Å². The Bertz CT molecular complexity index is 760. The van der Waals surface area contributed by atoms with Gasteiger partial charge < -0.3 is 29.0 Å². The average Bonchev–Trinajstić information content (AvgIpc) is 3.13. The Kier molecular flexibility index (Phi) is 4.92. The number of hydrogen-bond acceptors (Lipinski definition) is 8. The molecule has 2 aromatic rings. The Morgan fingerprint density at radius 2 is 2.12 bits per heavy atom. The molecule has 24 heavy (non-hydrogen) atoms. The third kappa shape index (κ3) is 2.82. The number of ether oxygens (including phenoxy) is 3. The van der Waals surface area contributed by atoms with Crippen LogP contribution in [0.15, 0.2) is 12.7 Å². The highest BCUT2D eigenvalue weighted by Gasteiger charge is 2.45. The molecular weight excluding hydrogens is 318 g/mol. The van der Waals surface area contributed by atoms with Crippen molar-refractivity contribution in [3.05, 3.63) is 18.1 Å². The molecule has 2 aromatic heterocycles. The average molecular weight is 339 g/mol. The Hall–Kier alpha value is -1.85. The maximum atomic E-state index is 10.6. The van der Waals surface area contributed by atoms with E-state index < -0.39 is 24.5 Å². The summed E-state index contributed by atoms with van der Waals surface area (Å²) >= 11 is 0. The zero-order valence-electron chi connectivity index (χ0n) is 13.5. The van der Waals surface area contributed by atoms with Gasteiger partial charge >= 0.3 is 0 Å². The fraction of sp³-hybridized carbons (Fsp3) is 0.643. The van der Waals surface area contributed by atoms with Crippen molar-refractivity contribution in [2.75, 3.05) is 26.9 Å². The van der Waals surface area contributed by atoms with E-state index in [1.807, 2.05) is 0 Å². The van der Waals surface area contributed by atoms with Crippen LogP contribution in [0.5, 0.6) is 0 Å². The molecule has 1 aliphatic heterocycles. The van der Waals surface area contributed by atoms with Crippen LogP contribution >= 0.6 is 0 Å². The first-order chi connectivity index (χ1) is 11.6. The van der Waals surface area contributed by atoms with E-state index in [2.05, 4.69) is 9.97 Å². The van der Waals surface area contributed by atoms with Gasteiger partial charge in [0.15, 0.2) is 17.4 Å². The molecule has 1 fully saturated rings. The molecule has 10 heteroatoms. The van der Waals surface area contributed by atoms with Gasteiger partial charge in [0.2, 0.25) is 0 Å². The van der Waals surface area contributed by atoms with E-state index in [1.165, 1.54) is 12.7 Å². The summed E-state index contributed by atoms with van der Waals surface area (Å²) in [5, 5.41) is 28.1. The topological polar surface area (TPSA) is 128 Å². The number of nitrogens with zero attached hydrogens (tertiary/aromatic N) is 4. The number of aliphatic hydroxyl groups is 2. The minimum Gasteiger partial charge on any atom is -0.394 e. The lowest BCUT2D eigenvalue weighted by Crippen LogP contribution is -2.37. The van der Waals surface area contributed by atoms with Crippen molar-refractivity contribution in [1.29, 1.82) is 5.41 Å². The Morgan fingerprint density at radius 3 is 2.83 bits per heavy atom. The van der Waals surface area contributed by atoms with E-state index in [-0.39, 0.29) is 18.7 Å². The molecule has 0 saturated carbocycles. The molecule has 10 nitrogen and oxygen atoms in total. The lowest BCUT2D eigenvalue weighted by Gasteiger charge is -2.19. The fourth-order valence-electron chi connectivity index (χ4n) is 2.77. The van der Waals surface area contributed by atoms with Crippen LogP contribution in [0, 0.1) is 5.41 Å². The van der Waals surface area contributed by atoms with Crippen LogP contribution in [0.4, 0.5) is 0 Å². The second-order valence-corrected chi connectivity index (χ2v) is 5.59. The zero-order chi connectivity index (χ0) is 17.3. The number of rotatable bonds is 6. The van der Waals surface area contributed by atoms with E-state index >= 15 is 0 Å². The number of fused-ring (bicyclic) bond motifs is 1. The highest BCUT2D eigenvalue weighted by molar-refractivity contribution is 5.68. The molecular formula is C14H21N5O5. The number of imidazole rings is 1. The quantitative estimate of drug-likeness (QED) is 0.548. The van der Waals surface area contributed by atoms with Crippen LogP contribution in [-0.2, 0) is 21.3 Å². The number of methoxy groups -OCH3 is 1. The summed E-state index contributed by atoms with van der Waals surface area (Å²) in [7, 11) is 3.26. The molecule has 0 amide bonds. The highest BCUT2D eigenvalue weighted by Crippen LogP contribution is 2.32. The minimum atomic E-state index is -1.01. The van der Waals surface area contributed by atoms with Crippen molar-refractivity contribution in [3.8, 4) is 0 Å². The second kappa shape index (κ2) is 6.95. The van der Waals surface area contributed by atoms with Crippen molar-refractivity contribution in [2.45, 2.75) is 24.5 Å². The first-order valence-electron chi connectivity index (χ1n) is 7.56. The molecule has 0 bridgehead atoms. The van der Waals surface area contributed by atoms with Crippen molar-refractivity contribution in [1.82, 2.24) is 19.1 Å². The number of aryl methyl sites for hydroxylation is 1. The second-order valence-electron chi connectivity index (χ2n) is 5.59. The van der Waals surface area contributed by atoms with Gasteiger partial charge in [-0.05, 0) is 0 Å². The first-order valence-corrected chi connectivity index (χ1v) is 7.56. The molecule has 3 rings (SSSR count). The molecule has 0 radical (unpaired) electrons. The van der Waals surface area contributed by atoms with E-state index in [0.717, 1.165) is 0 Å². The maximum absolute atomic E-state index is 10.6. The largest absolute Gasteiger partial charge is 0.394 e. The highest BCUT2D eigenvalue weighted by atomic mass is 16.6. The lowest BCUT2D eigenvalue weighted by atomic mass is 10.1. The van der Waals surface area contributed by atoms with E-state index in [1.54, 1.807) is 23.3 Å².